The Morgan fingerprint density at radius 1 is 1.39 bits per heavy atom. The molecule has 31 heavy (non-hydrogen) atoms. The maximum atomic E-state index is 12.6. The number of nitrogens with zero attached hydrogens (tertiary/aromatic N) is 3. The van der Waals surface area contributed by atoms with Crippen molar-refractivity contribution in [3.63, 3.8) is 0 Å². The van der Waals surface area contributed by atoms with E-state index in [4.69, 9.17) is 4.74 Å². The molecule has 3 aliphatic rings. The van der Waals surface area contributed by atoms with Crippen molar-refractivity contribution in [3.8, 4) is 11.5 Å². The summed E-state index contributed by atoms with van der Waals surface area (Å²) >= 11 is 1.31. The molecule has 0 radical (unpaired) electrons. The van der Waals surface area contributed by atoms with Gasteiger partial charge < -0.3 is 25.0 Å². The summed E-state index contributed by atoms with van der Waals surface area (Å²) in [5.74, 6) is -2.40. The molecule has 3 heterocycles. The van der Waals surface area contributed by atoms with Crippen molar-refractivity contribution in [2.75, 3.05) is 0 Å². The molecule has 0 spiro atoms. The predicted octanol–water partition coefficient (Wildman–Crippen LogP) is 0.251. The number of carboxylic acids is 1. The van der Waals surface area contributed by atoms with Crippen LogP contribution in [0.1, 0.15) is 25.8 Å². The number of benzene rings is 1. The number of hydrazone groups is 1. The van der Waals surface area contributed by atoms with Crippen molar-refractivity contribution in [1.82, 2.24) is 10.3 Å². The van der Waals surface area contributed by atoms with Crippen LogP contribution in [0.25, 0.3) is 0 Å². The summed E-state index contributed by atoms with van der Waals surface area (Å²) < 4.78 is 4.60. The second kappa shape index (κ2) is 7.45. The van der Waals surface area contributed by atoms with Crippen molar-refractivity contribution in [3.05, 3.63) is 23.8 Å². The minimum Gasteiger partial charge on any atom is -0.504 e. The molecule has 11 nitrogen and oxygen atoms in total. The zero-order valence-corrected chi connectivity index (χ0v) is 17.4. The van der Waals surface area contributed by atoms with Gasteiger partial charge in [-0.05, 0) is 32.0 Å². The Hall–Kier alpha value is -3.28. The third-order valence-electron chi connectivity index (χ3n) is 5.38. The van der Waals surface area contributed by atoms with Crippen LogP contribution in [0.2, 0.25) is 0 Å². The average molecular weight is 448 g/mol. The number of fused-ring (bicyclic) bond motifs is 1. The number of aliphatic carboxylic acids is 1. The van der Waals surface area contributed by atoms with E-state index in [1.54, 1.807) is 13.8 Å². The Balaban J connectivity index is 1.45. The van der Waals surface area contributed by atoms with Crippen LogP contribution >= 0.6 is 11.8 Å². The fraction of sp³-hybridized carbons (Fsp3) is 0.421. The highest BCUT2D eigenvalue weighted by atomic mass is 32.2. The molecule has 3 aliphatic heterocycles. The van der Waals surface area contributed by atoms with Gasteiger partial charge in [-0.3, -0.25) is 9.59 Å². The number of amides is 2. The van der Waals surface area contributed by atoms with Gasteiger partial charge in [-0.2, -0.15) is 5.10 Å². The van der Waals surface area contributed by atoms with Crippen molar-refractivity contribution in [2.24, 2.45) is 10.1 Å². The van der Waals surface area contributed by atoms with Gasteiger partial charge in [0.2, 0.25) is 11.8 Å². The number of aliphatic imine (C=N–C) groups is 1. The highest BCUT2D eigenvalue weighted by molar-refractivity contribution is 8.02. The maximum absolute atomic E-state index is 12.6. The van der Waals surface area contributed by atoms with Crippen molar-refractivity contribution >= 4 is 41.7 Å². The molecule has 2 amide bonds. The Morgan fingerprint density at radius 2 is 2.13 bits per heavy atom. The standard InChI is InChI=1S/C19H20N4O7S/c1-8-14(21-17(30-8)9-3-4-10(24)11(25)5-9)16(27)22-20-7-19(2)15(18(28)29)23-12(26)6-13(23)31-19/h3-5,7-8,13-15,24-25H,6H2,1-2H3,(H,22,27)(H,28,29)/b20-7+/t8-,13-,14+,15+,19+/m1/s1. The van der Waals surface area contributed by atoms with Gasteiger partial charge in [-0.25, -0.2) is 15.2 Å². The van der Waals surface area contributed by atoms with Gasteiger partial charge in [-0.15, -0.1) is 11.8 Å². The SMILES string of the molecule is C[C@H]1OC(c2ccc(O)c(O)c2)=N[C@@H]1C(=O)N/N=C/[C@]1(C)S[C@@H]2CC(=O)N2[C@H]1C(=O)O. The topological polar surface area (TPSA) is 161 Å². The molecule has 0 saturated carbocycles. The molecule has 0 unspecified atom stereocenters. The van der Waals surface area contributed by atoms with Crippen molar-refractivity contribution in [1.29, 1.82) is 0 Å². The fourth-order valence-electron chi connectivity index (χ4n) is 3.77. The predicted molar refractivity (Wildman–Crippen MR) is 110 cm³/mol. The van der Waals surface area contributed by atoms with Crippen LogP contribution in [-0.4, -0.2) is 78.4 Å². The van der Waals surface area contributed by atoms with E-state index in [-0.39, 0.29) is 35.1 Å². The molecule has 2 saturated heterocycles. The number of β-lactam (4-membered cyclic amide) rings is 1. The van der Waals surface area contributed by atoms with E-state index in [0.717, 1.165) is 0 Å². The first-order valence-corrected chi connectivity index (χ1v) is 10.3. The quantitative estimate of drug-likeness (QED) is 0.216. The molecule has 1 aromatic carbocycles. The molecule has 164 valence electrons. The summed E-state index contributed by atoms with van der Waals surface area (Å²) in [7, 11) is 0. The maximum Gasteiger partial charge on any atom is 0.328 e. The average Bonchev–Trinajstić information content (AvgIpc) is 3.19. The molecule has 12 heteroatoms. The minimum atomic E-state index is -1.13. The molecule has 0 aliphatic carbocycles. The number of aromatic hydroxyl groups is 2. The largest absolute Gasteiger partial charge is 0.504 e. The number of rotatable bonds is 5. The third-order valence-corrected chi connectivity index (χ3v) is 6.88. The number of phenols is 2. The van der Waals surface area contributed by atoms with Gasteiger partial charge >= 0.3 is 5.97 Å². The van der Waals surface area contributed by atoms with E-state index in [2.05, 4.69) is 15.5 Å². The van der Waals surface area contributed by atoms with Crippen LogP contribution in [0.15, 0.2) is 28.3 Å². The first-order chi connectivity index (χ1) is 14.6. The summed E-state index contributed by atoms with van der Waals surface area (Å²) in [5.41, 5.74) is 2.76. The summed E-state index contributed by atoms with van der Waals surface area (Å²) in [6.07, 6.45) is 1.01. The van der Waals surface area contributed by atoms with Crippen LogP contribution in [0.3, 0.4) is 0 Å². The van der Waals surface area contributed by atoms with Gasteiger partial charge in [0.25, 0.3) is 5.91 Å². The van der Waals surface area contributed by atoms with Crippen LogP contribution < -0.4 is 5.43 Å². The lowest BCUT2D eigenvalue weighted by molar-refractivity contribution is -0.156. The van der Waals surface area contributed by atoms with Crippen molar-refractivity contribution < 1.29 is 34.4 Å². The first kappa shape index (κ1) is 21.0. The van der Waals surface area contributed by atoms with E-state index in [1.807, 2.05) is 0 Å². The third kappa shape index (κ3) is 3.56. The zero-order chi connectivity index (χ0) is 22.5. The van der Waals surface area contributed by atoms with E-state index >= 15 is 0 Å². The number of nitrogens with one attached hydrogen (secondary N) is 1. The Morgan fingerprint density at radius 3 is 2.77 bits per heavy atom. The Labute approximate surface area is 180 Å². The van der Waals surface area contributed by atoms with Crippen LogP contribution in [-0.2, 0) is 19.1 Å². The van der Waals surface area contributed by atoms with Gasteiger partial charge in [0, 0.05) is 11.8 Å². The van der Waals surface area contributed by atoms with Crippen molar-refractivity contribution in [2.45, 2.75) is 48.6 Å². The molecular weight excluding hydrogens is 428 g/mol. The molecule has 1 aromatic rings. The minimum absolute atomic E-state index is 0.138. The van der Waals surface area contributed by atoms with Gasteiger partial charge in [0.15, 0.2) is 17.5 Å². The first-order valence-electron chi connectivity index (χ1n) is 9.43. The van der Waals surface area contributed by atoms with E-state index < -0.39 is 34.8 Å². The number of hydrogen-bond acceptors (Lipinski definition) is 9. The van der Waals surface area contributed by atoms with E-state index in [9.17, 15) is 29.7 Å². The summed E-state index contributed by atoms with van der Waals surface area (Å²) in [6.45, 7) is 3.31. The van der Waals surface area contributed by atoms with Gasteiger partial charge in [0.05, 0.1) is 16.5 Å². The number of carbonyl (C=O) groups is 3. The normalized spacial score (nSPS) is 31.7. The molecule has 5 atom stereocenters. The van der Waals surface area contributed by atoms with Crippen LogP contribution in [0, 0.1) is 0 Å². The number of phenolic OH excluding ortho intramolecular Hbond substituents is 2. The molecule has 0 bridgehead atoms. The number of thioether (sulfide) groups is 1. The molecule has 0 aromatic heterocycles. The lowest BCUT2D eigenvalue weighted by Gasteiger charge is -2.36. The molecule has 4 rings (SSSR count). The molecule has 4 N–H and O–H groups in total. The lowest BCUT2D eigenvalue weighted by atomic mass is 9.97. The zero-order valence-electron chi connectivity index (χ0n) is 16.6. The van der Waals surface area contributed by atoms with E-state index in [1.165, 1.54) is 41.1 Å². The van der Waals surface area contributed by atoms with Crippen LogP contribution in [0.5, 0.6) is 11.5 Å². The van der Waals surface area contributed by atoms with E-state index in [0.29, 0.717) is 5.56 Å². The smallest absolute Gasteiger partial charge is 0.328 e. The summed E-state index contributed by atoms with van der Waals surface area (Å²) in [5, 5.41) is 32.3. The summed E-state index contributed by atoms with van der Waals surface area (Å²) in [4.78, 5) is 41.6. The molecular formula is C19H20N4O7S. The Bertz CT molecular complexity index is 1030. The number of carboxylic acid groups (broad SMARTS) is 1. The second-order valence-corrected chi connectivity index (χ2v) is 9.30. The van der Waals surface area contributed by atoms with Gasteiger partial charge in [0.1, 0.15) is 12.1 Å². The number of hydrogen-bond donors (Lipinski definition) is 4. The van der Waals surface area contributed by atoms with Gasteiger partial charge in [-0.1, -0.05) is 0 Å². The Kier molecular flexibility index (Phi) is 5.04. The summed E-state index contributed by atoms with van der Waals surface area (Å²) in [6, 6.07) is 2.07. The molecule has 2 fully saturated rings. The number of carbonyl (C=O) groups excluding carboxylic acids is 2. The fourth-order valence-corrected chi connectivity index (χ4v) is 5.39. The lowest BCUT2D eigenvalue weighted by Crippen LogP contribution is -2.57. The number of ether oxygens (including phenoxy) is 1. The van der Waals surface area contributed by atoms with Crippen LogP contribution in [0.4, 0.5) is 0 Å². The monoisotopic (exact) mass is 448 g/mol. The second-order valence-electron chi connectivity index (χ2n) is 7.64. The highest BCUT2D eigenvalue weighted by Crippen LogP contribution is 2.50. The highest BCUT2D eigenvalue weighted by Gasteiger charge is 2.60.